The highest BCUT2D eigenvalue weighted by Gasteiger charge is 2.52. The van der Waals surface area contributed by atoms with Gasteiger partial charge in [0.2, 0.25) is 0 Å². The van der Waals surface area contributed by atoms with E-state index in [1.165, 1.54) is 57.4 Å². The molecule has 0 N–H and O–H groups in total. The maximum atomic E-state index is 11.6. The van der Waals surface area contributed by atoms with E-state index in [1.54, 1.807) is 19.2 Å². The number of carbonyl (C=O) groups is 1. The summed E-state index contributed by atoms with van der Waals surface area (Å²) in [4.78, 5) is 15.9. The molecule has 1 heterocycles. The topological polar surface area (TPSA) is 66.9 Å². The molecule has 0 radical (unpaired) electrons. The molecule has 6 nitrogen and oxygen atoms in total. The molecule has 1 atom stereocenters. The minimum absolute atomic E-state index is 0.132. The average Bonchev–Trinajstić information content (AvgIpc) is 2.86. The van der Waals surface area contributed by atoms with E-state index in [0.29, 0.717) is 17.9 Å². The van der Waals surface area contributed by atoms with Crippen molar-refractivity contribution in [1.82, 2.24) is 4.98 Å². The van der Waals surface area contributed by atoms with Gasteiger partial charge in [-0.1, -0.05) is 5.92 Å². The summed E-state index contributed by atoms with van der Waals surface area (Å²) in [5.74, 6) is 9.26. The van der Waals surface area contributed by atoms with Gasteiger partial charge in [0.05, 0.1) is 19.3 Å². The highest BCUT2D eigenvalue weighted by atomic mass is 16.8. The molecule has 1 aromatic carbocycles. The molecule has 6 rings (SSSR count). The zero-order chi connectivity index (χ0) is 24.4. The highest BCUT2D eigenvalue weighted by molar-refractivity contribution is 5.88. The molecule has 2 aromatic rings. The second kappa shape index (κ2) is 10.0. The second-order valence-corrected chi connectivity index (χ2v) is 10.2. The fourth-order valence-electron chi connectivity index (χ4n) is 6.80. The normalized spacial score (nSPS) is 27.1. The number of hydrogen-bond acceptors (Lipinski definition) is 6. The smallest absolute Gasteiger partial charge is 0.339 e. The third-order valence-electron chi connectivity index (χ3n) is 7.83. The van der Waals surface area contributed by atoms with E-state index in [9.17, 15) is 4.79 Å². The molecule has 1 unspecified atom stereocenters. The van der Waals surface area contributed by atoms with Crippen molar-refractivity contribution in [2.24, 2.45) is 17.8 Å². The molecule has 0 amide bonds. The van der Waals surface area contributed by atoms with Crippen LogP contribution in [-0.2, 0) is 19.6 Å². The molecule has 4 saturated carbocycles. The second-order valence-electron chi connectivity index (χ2n) is 10.2. The van der Waals surface area contributed by atoms with Gasteiger partial charge in [-0.2, -0.15) is 0 Å². The lowest BCUT2D eigenvalue weighted by Crippen LogP contribution is -2.48. The SMILES string of the molecule is CCOC(OC)Oc1ccc(C#Cc2ccc(C(=O)OC)cn2)cc1C12CC3CC(CC(C3)C1)C2. The number of hydrogen-bond donors (Lipinski definition) is 0. The van der Waals surface area contributed by atoms with Gasteiger partial charge in [0.1, 0.15) is 11.4 Å². The molecule has 4 aliphatic carbocycles. The quantitative estimate of drug-likeness (QED) is 0.316. The summed E-state index contributed by atoms with van der Waals surface area (Å²) in [6, 6.07) is 9.61. The van der Waals surface area contributed by atoms with Crippen LogP contribution in [0, 0.1) is 29.6 Å². The van der Waals surface area contributed by atoms with Crippen molar-refractivity contribution < 1.29 is 23.7 Å². The number of methoxy groups -OCH3 is 2. The molecule has 0 saturated heterocycles. The summed E-state index contributed by atoms with van der Waals surface area (Å²) >= 11 is 0. The summed E-state index contributed by atoms with van der Waals surface area (Å²) in [7, 11) is 2.96. The Hall–Kier alpha value is -2.88. The lowest BCUT2D eigenvalue weighted by Gasteiger charge is -2.57. The van der Waals surface area contributed by atoms with Gasteiger partial charge in [-0.3, -0.25) is 0 Å². The highest BCUT2D eigenvalue weighted by Crippen LogP contribution is 2.62. The van der Waals surface area contributed by atoms with Gasteiger partial charge in [-0.15, -0.1) is 0 Å². The number of pyridine rings is 1. The van der Waals surface area contributed by atoms with Crippen molar-refractivity contribution in [2.75, 3.05) is 20.8 Å². The maximum absolute atomic E-state index is 11.6. The molecule has 1 aromatic heterocycles. The molecule has 0 aliphatic heterocycles. The van der Waals surface area contributed by atoms with E-state index >= 15 is 0 Å². The van der Waals surface area contributed by atoms with E-state index in [1.807, 2.05) is 19.1 Å². The number of carbonyl (C=O) groups excluding carboxylic acids is 1. The third-order valence-corrected chi connectivity index (χ3v) is 7.83. The monoisotopic (exact) mass is 475 g/mol. The fraction of sp³-hybridized carbons (Fsp3) is 0.517. The Morgan fingerprint density at radius 2 is 1.77 bits per heavy atom. The Bertz CT molecular complexity index is 1090. The molecular weight excluding hydrogens is 442 g/mol. The first-order chi connectivity index (χ1) is 17.0. The lowest BCUT2D eigenvalue weighted by molar-refractivity contribution is -0.231. The summed E-state index contributed by atoms with van der Waals surface area (Å²) < 4.78 is 22.0. The lowest BCUT2D eigenvalue weighted by atomic mass is 9.48. The summed E-state index contributed by atoms with van der Waals surface area (Å²) in [5.41, 5.74) is 3.30. The predicted octanol–water partition coefficient (Wildman–Crippen LogP) is 5.08. The van der Waals surface area contributed by atoms with Gasteiger partial charge >= 0.3 is 12.4 Å². The molecule has 35 heavy (non-hydrogen) atoms. The number of ether oxygens (including phenoxy) is 4. The van der Waals surface area contributed by atoms with Crippen LogP contribution < -0.4 is 4.74 Å². The Kier molecular flexibility index (Phi) is 6.82. The van der Waals surface area contributed by atoms with Crippen molar-refractivity contribution in [3.8, 4) is 17.6 Å². The van der Waals surface area contributed by atoms with E-state index in [2.05, 4.69) is 22.9 Å². The van der Waals surface area contributed by atoms with Crippen molar-refractivity contribution in [3.05, 3.63) is 58.9 Å². The van der Waals surface area contributed by atoms with Gasteiger partial charge < -0.3 is 18.9 Å². The van der Waals surface area contributed by atoms with E-state index in [0.717, 1.165) is 29.1 Å². The standard InChI is InChI=1S/C29H33NO5/c1-4-34-28(33-3)35-26-10-6-19(5-8-24-9-7-23(18-30-24)27(31)32-2)14-25(26)29-15-20-11-21(16-29)13-22(12-20)17-29/h6-7,9-10,14,18,20-22,28H,4,11-13,15-17H2,1-3H3. The number of benzene rings is 1. The van der Waals surface area contributed by atoms with Gasteiger partial charge in [-0.25, -0.2) is 9.78 Å². The van der Waals surface area contributed by atoms with Crippen molar-refractivity contribution >= 4 is 5.97 Å². The van der Waals surface area contributed by atoms with Gasteiger partial charge in [-0.05, 0) is 105 Å². The number of nitrogens with zero attached hydrogens (tertiary/aromatic N) is 1. The van der Waals surface area contributed by atoms with E-state index < -0.39 is 12.4 Å². The molecular formula is C29H33NO5. The summed E-state index contributed by atoms with van der Waals surface area (Å²) in [6.07, 6.45) is 9.27. The Labute approximate surface area is 207 Å². The minimum atomic E-state index is -0.734. The van der Waals surface area contributed by atoms with Crippen molar-refractivity contribution in [2.45, 2.75) is 57.3 Å². The fourth-order valence-corrected chi connectivity index (χ4v) is 6.80. The van der Waals surface area contributed by atoms with Crippen LogP contribution in [-0.4, -0.2) is 38.3 Å². The van der Waals surface area contributed by atoms with Crippen LogP contribution in [0.5, 0.6) is 5.75 Å². The van der Waals surface area contributed by atoms with E-state index in [-0.39, 0.29) is 5.41 Å². The zero-order valence-corrected chi connectivity index (χ0v) is 20.7. The van der Waals surface area contributed by atoms with Crippen LogP contribution in [0.2, 0.25) is 0 Å². The first kappa shape index (κ1) is 23.8. The van der Waals surface area contributed by atoms with Crippen LogP contribution in [0.4, 0.5) is 0 Å². The minimum Gasteiger partial charge on any atom is -0.465 e. The van der Waals surface area contributed by atoms with Crippen LogP contribution in [0.3, 0.4) is 0 Å². The molecule has 4 fully saturated rings. The molecule has 0 spiro atoms. The van der Waals surface area contributed by atoms with Crippen LogP contribution in [0.25, 0.3) is 0 Å². The van der Waals surface area contributed by atoms with Gasteiger partial charge in [0.25, 0.3) is 0 Å². The van der Waals surface area contributed by atoms with Crippen LogP contribution in [0.1, 0.15) is 72.6 Å². The largest absolute Gasteiger partial charge is 0.465 e. The Morgan fingerprint density at radius 1 is 1.06 bits per heavy atom. The van der Waals surface area contributed by atoms with Crippen molar-refractivity contribution in [1.29, 1.82) is 0 Å². The Morgan fingerprint density at radius 3 is 2.34 bits per heavy atom. The Balaban J connectivity index is 1.47. The maximum Gasteiger partial charge on any atom is 0.339 e. The molecule has 6 heteroatoms. The van der Waals surface area contributed by atoms with Crippen LogP contribution in [0.15, 0.2) is 36.5 Å². The molecule has 4 bridgehead atoms. The zero-order valence-electron chi connectivity index (χ0n) is 20.7. The summed E-state index contributed by atoms with van der Waals surface area (Å²) in [5, 5.41) is 0. The summed E-state index contributed by atoms with van der Waals surface area (Å²) in [6.45, 7) is 1.71. The number of rotatable bonds is 7. The van der Waals surface area contributed by atoms with Crippen molar-refractivity contribution in [3.63, 3.8) is 0 Å². The van der Waals surface area contributed by atoms with Crippen LogP contribution >= 0.6 is 0 Å². The molecule has 184 valence electrons. The van der Waals surface area contributed by atoms with Gasteiger partial charge in [0, 0.05) is 24.4 Å². The molecule has 4 aliphatic rings. The predicted molar refractivity (Wildman–Crippen MR) is 131 cm³/mol. The van der Waals surface area contributed by atoms with Gasteiger partial charge in [0.15, 0.2) is 0 Å². The number of esters is 1. The average molecular weight is 476 g/mol. The number of aromatic nitrogens is 1. The first-order valence-corrected chi connectivity index (χ1v) is 12.5. The first-order valence-electron chi connectivity index (χ1n) is 12.5. The third kappa shape index (κ3) is 4.94. The van der Waals surface area contributed by atoms with E-state index in [4.69, 9.17) is 18.9 Å².